The van der Waals surface area contributed by atoms with E-state index in [9.17, 15) is 27.6 Å². The summed E-state index contributed by atoms with van der Waals surface area (Å²) in [6.45, 7) is 1.81. The Morgan fingerprint density at radius 2 is 1.85 bits per heavy atom. The second kappa shape index (κ2) is 11.7. The van der Waals surface area contributed by atoms with Crippen LogP contribution in [0.5, 0.6) is 0 Å². The average molecular weight is 656 g/mol. The fraction of sp³-hybridized carbons (Fsp3) is 0.353. The van der Waals surface area contributed by atoms with Crippen LogP contribution in [-0.2, 0) is 26.3 Å². The number of anilines is 2. The maximum atomic E-state index is 14.9. The van der Waals surface area contributed by atoms with Crippen molar-refractivity contribution >= 4 is 17.5 Å². The van der Waals surface area contributed by atoms with Crippen LogP contribution >= 0.6 is 0 Å². The zero-order valence-corrected chi connectivity index (χ0v) is 25.9. The van der Waals surface area contributed by atoms with Gasteiger partial charge in [-0.3, -0.25) is 14.6 Å². The highest BCUT2D eigenvalue weighted by Gasteiger charge is 2.48. The van der Waals surface area contributed by atoms with Crippen LogP contribution in [-0.4, -0.2) is 50.2 Å². The SMILES string of the molecule is Cn1cnnc1-c1cc(F)c(C#N)cc1-c1cc(NCCC#N)nc(N2Cc3c(cc(CN4CCC5(CC5)C4)cc3C(F)(F)F)C2=O)c1. The van der Waals surface area contributed by atoms with Gasteiger partial charge in [-0.2, -0.15) is 23.7 Å². The Balaban J connectivity index is 1.31. The Morgan fingerprint density at radius 1 is 1.04 bits per heavy atom. The van der Waals surface area contributed by atoms with Crippen LogP contribution in [0.4, 0.5) is 29.2 Å². The van der Waals surface area contributed by atoms with Crippen LogP contribution < -0.4 is 10.2 Å². The number of alkyl halides is 3. The minimum absolute atomic E-state index is 0.0281. The van der Waals surface area contributed by atoms with Crippen LogP contribution in [0.3, 0.4) is 0 Å². The van der Waals surface area contributed by atoms with Crippen LogP contribution in [0.25, 0.3) is 22.5 Å². The lowest BCUT2D eigenvalue weighted by atomic mass is 9.96. The summed E-state index contributed by atoms with van der Waals surface area (Å²) in [6.07, 6.45) is 0.193. The number of amides is 1. The van der Waals surface area contributed by atoms with Gasteiger partial charge in [0.05, 0.1) is 30.2 Å². The van der Waals surface area contributed by atoms with Crippen molar-refractivity contribution in [1.82, 2.24) is 24.6 Å². The molecule has 1 saturated carbocycles. The molecule has 1 amide bonds. The molecule has 2 aliphatic heterocycles. The smallest absolute Gasteiger partial charge is 0.369 e. The fourth-order valence-electron chi connectivity index (χ4n) is 6.76. The zero-order chi connectivity index (χ0) is 33.8. The van der Waals surface area contributed by atoms with E-state index in [0.29, 0.717) is 40.0 Å². The predicted molar refractivity (Wildman–Crippen MR) is 167 cm³/mol. The zero-order valence-electron chi connectivity index (χ0n) is 25.9. The third-order valence-electron chi connectivity index (χ3n) is 9.41. The van der Waals surface area contributed by atoms with E-state index < -0.39 is 23.5 Å². The van der Waals surface area contributed by atoms with Crippen molar-refractivity contribution in [2.75, 3.05) is 29.9 Å². The molecule has 4 heterocycles. The largest absolute Gasteiger partial charge is 0.416 e. The Labute approximate surface area is 273 Å². The number of pyridine rings is 1. The van der Waals surface area contributed by atoms with Crippen LogP contribution in [0, 0.1) is 33.9 Å². The van der Waals surface area contributed by atoms with Gasteiger partial charge in [0.25, 0.3) is 5.91 Å². The lowest BCUT2D eigenvalue weighted by Gasteiger charge is -2.19. The highest BCUT2D eigenvalue weighted by Crippen LogP contribution is 2.53. The van der Waals surface area contributed by atoms with Crippen LogP contribution in [0.15, 0.2) is 42.7 Å². The number of nitriles is 2. The Morgan fingerprint density at radius 3 is 2.52 bits per heavy atom. The molecule has 0 bridgehead atoms. The normalized spacial score (nSPS) is 16.6. The summed E-state index contributed by atoms with van der Waals surface area (Å²) in [5.74, 6) is -0.834. The average Bonchev–Trinajstić information content (AvgIpc) is 3.31. The number of benzene rings is 2. The Hall–Kier alpha value is -5.34. The number of hydrogen-bond donors (Lipinski definition) is 1. The van der Waals surface area contributed by atoms with Gasteiger partial charge in [-0.1, -0.05) is 0 Å². The van der Waals surface area contributed by atoms with Crippen molar-refractivity contribution in [2.24, 2.45) is 12.5 Å². The van der Waals surface area contributed by atoms with Crippen molar-refractivity contribution in [3.63, 3.8) is 0 Å². The van der Waals surface area contributed by atoms with Gasteiger partial charge in [-0.15, -0.1) is 10.2 Å². The summed E-state index contributed by atoms with van der Waals surface area (Å²) < 4.78 is 60.0. The molecule has 4 aromatic rings. The van der Waals surface area contributed by atoms with Gasteiger partial charge in [-0.25, -0.2) is 9.37 Å². The number of fused-ring (bicyclic) bond motifs is 1. The molecule has 3 aliphatic rings. The molecule has 10 nitrogen and oxygen atoms in total. The maximum Gasteiger partial charge on any atom is 0.416 e. The van der Waals surface area contributed by atoms with E-state index in [1.807, 2.05) is 12.1 Å². The molecule has 2 fully saturated rings. The van der Waals surface area contributed by atoms with Gasteiger partial charge in [-0.05, 0) is 89.9 Å². The van der Waals surface area contributed by atoms with Gasteiger partial charge in [0, 0.05) is 37.8 Å². The summed E-state index contributed by atoms with van der Waals surface area (Å²) >= 11 is 0. The summed E-state index contributed by atoms with van der Waals surface area (Å²) in [5.41, 5.74) is 0.518. The Bertz CT molecular complexity index is 2040. The number of aromatic nitrogens is 4. The molecule has 0 radical (unpaired) electrons. The number of nitrogens with zero attached hydrogens (tertiary/aromatic N) is 8. The molecule has 2 aromatic heterocycles. The number of rotatable bonds is 8. The molecule has 2 aromatic carbocycles. The van der Waals surface area contributed by atoms with Crippen LogP contribution in [0.2, 0.25) is 0 Å². The highest BCUT2D eigenvalue weighted by molar-refractivity contribution is 6.10. The standard InChI is InChI=1S/C34H29F4N9O/c1-45-19-42-44-31(45)24-14-28(35)22(15-40)11-23(24)21-12-29(41-7-2-6-39)43-30(13-21)47-17-26-25(32(47)48)9-20(10-27(26)34(36,37)38)16-46-8-5-33(18-46)3-4-33/h9-14,19H,2-5,7-8,16-18H2,1H3,(H,41,43). The summed E-state index contributed by atoms with van der Waals surface area (Å²) in [4.78, 5) is 21.9. The summed E-state index contributed by atoms with van der Waals surface area (Å²) in [7, 11) is 1.67. The van der Waals surface area contributed by atoms with E-state index in [0.717, 1.165) is 38.4 Å². The van der Waals surface area contributed by atoms with Gasteiger partial charge < -0.3 is 9.88 Å². The van der Waals surface area contributed by atoms with E-state index >= 15 is 0 Å². The topological polar surface area (TPSA) is 127 Å². The first kappa shape index (κ1) is 31.3. The number of carbonyl (C=O) groups excluding carboxylic acids is 1. The highest BCUT2D eigenvalue weighted by atomic mass is 19.4. The quantitative estimate of drug-likeness (QED) is 0.180. The monoisotopic (exact) mass is 655 g/mol. The van der Waals surface area contributed by atoms with Crippen LogP contribution in [0.1, 0.15) is 58.3 Å². The van der Waals surface area contributed by atoms with Crippen molar-refractivity contribution in [3.8, 4) is 34.7 Å². The molecule has 1 saturated heterocycles. The molecule has 14 heteroatoms. The minimum Gasteiger partial charge on any atom is -0.369 e. The van der Waals surface area contributed by atoms with Gasteiger partial charge >= 0.3 is 6.18 Å². The van der Waals surface area contributed by atoms with Crippen molar-refractivity contribution in [1.29, 1.82) is 10.5 Å². The molecule has 1 N–H and O–H groups in total. The third-order valence-corrected chi connectivity index (χ3v) is 9.41. The number of hydrogen-bond acceptors (Lipinski definition) is 8. The first-order valence-electron chi connectivity index (χ1n) is 15.5. The van der Waals surface area contributed by atoms with Gasteiger partial charge in [0.1, 0.15) is 29.8 Å². The van der Waals surface area contributed by atoms with E-state index in [2.05, 4.69) is 25.4 Å². The number of aryl methyl sites for hydroxylation is 1. The predicted octanol–water partition coefficient (Wildman–Crippen LogP) is 6.05. The lowest BCUT2D eigenvalue weighted by Crippen LogP contribution is -2.24. The molecule has 1 aliphatic carbocycles. The fourth-order valence-corrected chi connectivity index (χ4v) is 6.76. The molecule has 244 valence electrons. The Kier molecular flexibility index (Phi) is 7.63. The first-order chi connectivity index (χ1) is 23.0. The molecule has 0 unspecified atom stereocenters. The van der Waals surface area contributed by atoms with E-state index in [-0.39, 0.29) is 47.8 Å². The number of halogens is 4. The molecule has 0 atom stereocenters. The molecule has 7 rings (SSSR count). The molecular formula is C34H29F4N9O. The van der Waals surface area contributed by atoms with Crippen molar-refractivity contribution < 1.29 is 22.4 Å². The van der Waals surface area contributed by atoms with E-state index in [4.69, 9.17) is 5.26 Å². The van der Waals surface area contributed by atoms with E-state index in [1.165, 1.54) is 29.4 Å². The third kappa shape index (κ3) is 5.73. The van der Waals surface area contributed by atoms with Crippen molar-refractivity contribution in [3.05, 3.63) is 76.4 Å². The van der Waals surface area contributed by atoms with Crippen molar-refractivity contribution in [2.45, 2.75) is 44.9 Å². The summed E-state index contributed by atoms with van der Waals surface area (Å²) in [6, 6.07) is 12.2. The second-order valence-electron chi connectivity index (χ2n) is 12.7. The maximum absolute atomic E-state index is 14.9. The molecule has 1 spiro atoms. The minimum atomic E-state index is -4.69. The lowest BCUT2D eigenvalue weighted by molar-refractivity contribution is -0.138. The number of carbonyl (C=O) groups is 1. The second-order valence-corrected chi connectivity index (χ2v) is 12.7. The molecular weight excluding hydrogens is 626 g/mol. The van der Waals surface area contributed by atoms with Gasteiger partial charge in [0.2, 0.25) is 0 Å². The van der Waals surface area contributed by atoms with E-state index in [1.54, 1.807) is 23.7 Å². The van der Waals surface area contributed by atoms with Gasteiger partial charge in [0.15, 0.2) is 5.82 Å². The first-order valence-corrected chi connectivity index (χ1v) is 15.5. The number of likely N-dealkylation sites (tertiary alicyclic amines) is 1. The summed E-state index contributed by atoms with van der Waals surface area (Å²) in [5, 5.41) is 29.7. The number of nitrogens with one attached hydrogen (secondary N) is 1. The molecule has 48 heavy (non-hydrogen) atoms.